The number of nitrogens with zero attached hydrogens (tertiary/aromatic N) is 8. The highest BCUT2D eigenvalue weighted by molar-refractivity contribution is 5.35. The third-order valence-corrected chi connectivity index (χ3v) is 2.31. The molecule has 3 aromatic rings. The molecular formula is C12H7N8O4. The highest BCUT2D eigenvalue weighted by Gasteiger charge is 2.18. The van der Waals surface area contributed by atoms with Gasteiger partial charge in [-0.3, -0.25) is 0 Å². The zero-order chi connectivity index (χ0) is 16.8. The predicted octanol–water partition coefficient (Wildman–Crippen LogP) is 1.10. The van der Waals surface area contributed by atoms with Crippen molar-refractivity contribution in [3.8, 4) is 35.4 Å². The van der Waals surface area contributed by atoms with Crippen LogP contribution < -0.4 is 14.2 Å². The Hall–Kier alpha value is -3.96. The van der Waals surface area contributed by atoms with Crippen LogP contribution in [0.25, 0.3) is 0 Å². The van der Waals surface area contributed by atoms with Gasteiger partial charge in [0.05, 0.1) is 12.5 Å². The largest absolute Gasteiger partial charge is 0.443 e. The summed E-state index contributed by atoms with van der Waals surface area (Å²) in [4.78, 5) is 11.4. The lowest BCUT2D eigenvalue weighted by Crippen LogP contribution is -2.01. The highest BCUT2D eigenvalue weighted by Crippen LogP contribution is 2.32. The van der Waals surface area contributed by atoms with Crippen LogP contribution in [-0.2, 0) is 5.11 Å². The summed E-state index contributed by atoms with van der Waals surface area (Å²) >= 11 is 0. The van der Waals surface area contributed by atoms with Crippen LogP contribution in [0.5, 0.6) is 35.4 Å². The van der Waals surface area contributed by atoms with E-state index in [4.69, 9.17) is 14.2 Å². The monoisotopic (exact) mass is 327 g/mol. The third kappa shape index (κ3) is 3.44. The maximum Gasteiger partial charge on any atom is 0.389 e. The first-order chi connectivity index (χ1) is 11.8. The molecule has 119 valence electrons. The van der Waals surface area contributed by atoms with Crippen molar-refractivity contribution in [2.24, 2.45) is 0 Å². The standard InChI is InChI=1S/C12H7N8O4/c1-2-22-8-9(14-6-5-13-8)24-11-10(16-12(21)19-18-11)23-7-3-4-15-20-17-7/h2-6H,1H2. The first-order valence-electron chi connectivity index (χ1n) is 6.26. The minimum Gasteiger partial charge on any atom is -0.443 e. The Morgan fingerprint density at radius 1 is 0.917 bits per heavy atom. The maximum atomic E-state index is 11.3. The summed E-state index contributed by atoms with van der Waals surface area (Å²) in [6, 6.07) is 0.527. The Kier molecular flexibility index (Phi) is 4.28. The summed E-state index contributed by atoms with van der Waals surface area (Å²) < 4.78 is 15.8. The van der Waals surface area contributed by atoms with Gasteiger partial charge in [0.25, 0.3) is 17.6 Å². The number of ether oxygens (including phenoxy) is 3. The predicted molar refractivity (Wildman–Crippen MR) is 72.8 cm³/mol. The van der Waals surface area contributed by atoms with E-state index in [2.05, 4.69) is 47.1 Å². The molecule has 0 aliphatic rings. The fourth-order valence-electron chi connectivity index (χ4n) is 1.44. The van der Waals surface area contributed by atoms with Crippen molar-refractivity contribution in [1.29, 1.82) is 0 Å². The van der Waals surface area contributed by atoms with Crippen molar-refractivity contribution < 1.29 is 19.3 Å². The summed E-state index contributed by atoms with van der Waals surface area (Å²) in [7, 11) is 0. The number of aromatic nitrogens is 8. The minimum absolute atomic E-state index is 0.0233. The molecule has 3 aromatic heterocycles. The molecule has 3 heterocycles. The Balaban J connectivity index is 1.92. The van der Waals surface area contributed by atoms with E-state index < -0.39 is 6.01 Å². The zero-order valence-electron chi connectivity index (χ0n) is 11.8. The minimum atomic E-state index is -0.874. The maximum absolute atomic E-state index is 11.3. The van der Waals surface area contributed by atoms with E-state index in [0.717, 1.165) is 6.26 Å². The van der Waals surface area contributed by atoms with Gasteiger partial charge < -0.3 is 14.2 Å². The van der Waals surface area contributed by atoms with Gasteiger partial charge in [-0.15, -0.1) is 15.2 Å². The molecule has 12 heteroatoms. The van der Waals surface area contributed by atoms with Gasteiger partial charge in [-0.25, -0.2) is 15.1 Å². The van der Waals surface area contributed by atoms with Crippen LogP contribution in [0.1, 0.15) is 0 Å². The van der Waals surface area contributed by atoms with Gasteiger partial charge >= 0.3 is 11.9 Å². The molecule has 24 heavy (non-hydrogen) atoms. The van der Waals surface area contributed by atoms with Crippen LogP contribution in [0.4, 0.5) is 0 Å². The van der Waals surface area contributed by atoms with E-state index in [1.807, 2.05) is 0 Å². The molecule has 0 saturated carbocycles. The van der Waals surface area contributed by atoms with E-state index in [1.54, 1.807) is 0 Å². The summed E-state index contributed by atoms with van der Waals surface area (Å²) in [5.41, 5.74) is 0. The van der Waals surface area contributed by atoms with Crippen LogP contribution in [0.3, 0.4) is 0 Å². The van der Waals surface area contributed by atoms with Crippen LogP contribution in [0.2, 0.25) is 0 Å². The zero-order valence-corrected chi connectivity index (χ0v) is 11.8. The van der Waals surface area contributed by atoms with Crippen LogP contribution in [-0.4, -0.2) is 40.6 Å². The second-order valence-corrected chi connectivity index (χ2v) is 3.82. The fourth-order valence-corrected chi connectivity index (χ4v) is 1.44. The lowest BCUT2D eigenvalue weighted by atomic mass is 10.6. The Morgan fingerprint density at radius 3 is 2.50 bits per heavy atom. The summed E-state index contributed by atoms with van der Waals surface area (Å²) in [6.45, 7) is 3.42. The average molecular weight is 327 g/mol. The van der Waals surface area contributed by atoms with Crippen molar-refractivity contribution >= 4 is 0 Å². The van der Waals surface area contributed by atoms with Crippen molar-refractivity contribution in [2.75, 3.05) is 0 Å². The topological polar surface area (TPSA) is 151 Å². The van der Waals surface area contributed by atoms with Gasteiger partial charge in [-0.05, 0) is 5.21 Å². The van der Waals surface area contributed by atoms with Gasteiger partial charge in [0.2, 0.25) is 5.88 Å². The third-order valence-electron chi connectivity index (χ3n) is 2.31. The molecule has 0 saturated heterocycles. The molecule has 0 spiro atoms. The smallest absolute Gasteiger partial charge is 0.389 e. The fraction of sp³-hybridized carbons (Fsp3) is 0. The van der Waals surface area contributed by atoms with Gasteiger partial charge in [0.1, 0.15) is 0 Å². The molecule has 3 rings (SSSR count). The normalized spacial score (nSPS) is 10.0. The van der Waals surface area contributed by atoms with Gasteiger partial charge in [0.15, 0.2) is 0 Å². The van der Waals surface area contributed by atoms with E-state index >= 15 is 0 Å². The van der Waals surface area contributed by atoms with Crippen molar-refractivity contribution in [1.82, 2.24) is 40.6 Å². The molecule has 0 aliphatic heterocycles. The summed E-state index contributed by atoms with van der Waals surface area (Å²) in [5.74, 6) is -0.544. The van der Waals surface area contributed by atoms with E-state index in [-0.39, 0.29) is 29.4 Å². The first kappa shape index (κ1) is 15.0. The van der Waals surface area contributed by atoms with Crippen molar-refractivity contribution in [2.45, 2.75) is 0 Å². The molecule has 0 fully saturated rings. The van der Waals surface area contributed by atoms with Crippen molar-refractivity contribution in [3.63, 3.8) is 0 Å². The van der Waals surface area contributed by atoms with E-state index in [1.165, 1.54) is 24.7 Å². The molecule has 0 amide bonds. The lowest BCUT2D eigenvalue weighted by Gasteiger charge is -2.09. The molecule has 0 aromatic carbocycles. The van der Waals surface area contributed by atoms with Crippen LogP contribution in [0.15, 0.2) is 37.5 Å². The Bertz CT molecular complexity index is 847. The number of hydrogen-bond donors (Lipinski definition) is 0. The van der Waals surface area contributed by atoms with Crippen molar-refractivity contribution in [3.05, 3.63) is 37.5 Å². The molecule has 0 bridgehead atoms. The van der Waals surface area contributed by atoms with Crippen LogP contribution in [0, 0.1) is 0 Å². The molecular weight excluding hydrogens is 320 g/mol. The molecule has 1 radical (unpaired) electrons. The molecule has 0 aliphatic carbocycles. The molecule has 0 atom stereocenters. The molecule has 0 unspecified atom stereocenters. The number of hydrogen-bond acceptors (Lipinski definition) is 11. The van der Waals surface area contributed by atoms with Gasteiger partial charge in [0, 0.05) is 18.5 Å². The Labute approximate surface area is 133 Å². The average Bonchev–Trinajstić information content (AvgIpc) is 2.60. The summed E-state index contributed by atoms with van der Waals surface area (Å²) in [6.07, 6.45) is 5.24. The SMILES string of the molecule is C=COc1nccnc1Oc1nnc([O])nc1Oc1ccnnn1. The molecule has 0 N–H and O–H groups in total. The summed E-state index contributed by atoms with van der Waals surface area (Å²) in [5, 5.41) is 28.7. The quantitative estimate of drug-likeness (QED) is 0.598. The second kappa shape index (κ2) is 6.87. The highest BCUT2D eigenvalue weighted by atomic mass is 16.6. The van der Waals surface area contributed by atoms with E-state index in [9.17, 15) is 5.11 Å². The van der Waals surface area contributed by atoms with Gasteiger partial charge in [-0.1, -0.05) is 16.8 Å². The lowest BCUT2D eigenvalue weighted by molar-refractivity contribution is 0.288. The first-order valence-corrected chi connectivity index (χ1v) is 6.26. The Morgan fingerprint density at radius 2 is 1.75 bits per heavy atom. The van der Waals surface area contributed by atoms with Gasteiger partial charge in [-0.2, -0.15) is 0 Å². The second-order valence-electron chi connectivity index (χ2n) is 3.82. The number of rotatable bonds is 6. The van der Waals surface area contributed by atoms with Crippen LogP contribution >= 0.6 is 0 Å². The van der Waals surface area contributed by atoms with E-state index in [0.29, 0.717) is 0 Å². The molecule has 12 nitrogen and oxygen atoms in total.